The molecule has 3 aromatic rings. The van der Waals surface area contributed by atoms with E-state index in [0.29, 0.717) is 28.6 Å². The van der Waals surface area contributed by atoms with Gasteiger partial charge in [-0.05, 0) is 42.5 Å². The molecule has 3 N–H and O–H groups in total. The second-order valence-corrected chi connectivity index (χ2v) is 6.41. The molecule has 0 aliphatic heterocycles. The van der Waals surface area contributed by atoms with Crippen LogP contribution in [-0.4, -0.2) is 36.4 Å². The molecular formula is C22H19N5O6. The van der Waals surface area contributed by atoms with Crippen molar-refractivity contribution in [2.75, 3.05) is 19.6 Å². The largest absolute Gasteiger partial charge is 0.495 e. The number of para-hydroxylation sites is 2. The molecule has 11 nitrogen and oxygen atoms in total. The molecular weight excluding hydrogens is 430 g/mol. The highest BCUT2D eigenvalue weighted by Crippen LogP contribution is 2.33. The Morgan fingerprint density at radius 2 is 1.55 bits per heavy atom. The number of nitrogens with zero attached hydrogens (tertiary/aromatic N) is 4. The van der Waals surface area contributed by atoms with Crippen molar-refractivity contribution in [3.05, 3.63) is 71.8 Å². The van der Waals surface area contributed by atoms with Gasteiger partial charge in [-0.3, -0.25) is 5.43 Å². The van der Waals surface area contributed by atoms with E-state index in [1.54, 1.807) is 31.4 Å². The van der Waals surface area contributed by atoms with Crippen molar-refractivity contribution < 1.29 is 29.3 Å². The van der Waals surface area contributed by atoms with Crippen molar-refractivity contribution >= 4 is 34.7 Å². The van der Waals surface area contributed by atoms with Crippen molar-refractivity contribution in [2.45, 2.75) is 0 Å². The van der Waals surface area contributed by atoms with Gasteiger partial charge in [0.2, 0.25) is 0 Å². The fourth-order valence-electron chi connectivity index (χ4n) is 2.72. The zero-order valence-corrected chi connectivity index (χ0v) is 17.6. The summed E-state index contributed by atoms with van der Waals surface area (Å²) in [5.74, 6) is -1.51. The molecule has 0 aliphatic rings. The lowest BCUT2D eigenvalue weighted by atomic mass is 10.1. The van der Waals surface area contributed by atoms with E-state index in [4.69, 9.17) is 14.6 Å². The first-order valence-corrected chi connectivity index (χ1v) is 9.43. The van der Waals surface area contributed by atoms with E-state index in [1.165, 1.54) is 25.3 Å². The third-order valence-electron chi connectivity index (χ3n) is 4.35. The van der Waals surface area contributed by atoms with Gasteiger partial charge in [0, 0.05) is 6.07 Å². The Morgan fingerprint density at radius 3 is 2.24 bits per heavy atom. The Bertz CT molecular complexity index is 1240. The van der Waals surface area contributed by atoms with Crippen LogP contribution in [0.25, 0.3) is 0 Å². The SMILES string of the molecule is COc1cc(N=Nc2cc(C(=O)O)ccc2C(=O)O)ccc1N=NNc1ccccc1OC. The summed E-state index contributed by atoms with van der Waals surface area (Å²) in [7, 11) is 2.99. The summed E-state index contributed by atoms with van der Waals surface area (Å²) in [5, 5.41) is 34.4. The number of hydrogen-bond donors (Lipinski definition) is 3. The van der Waals surface area contributed by atoms with Gasteiger partial charge in [-0.25, -0.2) is 9.59 Å². The van der Waals surface area contributed by atoms with E-state index in [1.807, 2.05) is 12.1 Å². The highest BCUT2D eigenvalue weighted by atomic mass is 16.5. The maximum atomic E-state index is 11.4. The average Bonchev–Trinajstić information content (AvgIpc) is 2.83. The van der Waals surface area contributed by atoms with Crippen LogP contribution < -0.4 is 14.9 Å². The summed E-state index contributed by atoms with van der Waals surface area (Å²) in [6.07, 6.45) is 0. The van der Waals surface area contributed by atoms with Crippen LogP contribution in [0.15, 0.2) is 81.2 Å². The number of anilines is 1. The molecule has 0 atom stereocenters. The average molecular weight is 449 g/mol. The van der Waals surface area contributed by atoms with Crippen molar-refractivity contribution in [1.29, 1.82) is 0 Å². The van der Waals surface area contributed by atoms with Crippen LogP contribution in [0, 0.1) is 0 Å². The van der Waals surface area contributed by atoms with Crippen molar-refractivity contribution in [3.63, 3.8) is 0 Å². The Kier molecular flexibility index (Phi) is 7.27. The first kappa shape index (κ1) is 22.9. The minimum Gasteiger partial charge on any atom is -0.495 e. The molecule has 11 heteroatoms. The molecule has 0 aliphatic carbocycles. The molecule has 0 unspecified atom stereocenters. The minimum absolute atomic E-state index is 0.0915. The van der Waals surface area contributed by atoms with Gasteiger partial charge in [0.1, 0.15) is 22.9 Å². The fraction of sp³-hybridized carbons (Fsp3) is 0.0909. The zero-order valence-electron chi connectivity index (χ0n) is 17.6. The van der Waals surface area contributed by atoms with Crippen LogP contribution in [-0.2, 0) is 0 Å². The second-order valence-electron chi connectivity index (χ2n) is 6.41. The van der Waals surface area contributed by atoms with E-state index in [0.717, 1.165) is 6.07 Å². The highest BCUT2D eigenvalue weighted by molar-refractivity contribution is 5.96. The topological polar surface area (TPSA) is 155 Å². The summed E-state index contributed by atoms with van der Waals surface area (Å²) in [6.45, 7) is 0. The van der Waals surface area contributed by atoms with Gasteiger partial charge in [-0.1, -0.05) is 17.4 Å². The van der Waals surface area contributed by atoms with Crippen molar-refractivity contribution in [1.82, 2.24) is 0 Å². The fourth-order valence-corrected chi connectivity index (χ4v) is 2.72. The number of carboxylic acids is 2. The molecule has 0 saturated heterocycles. The molecule has 0 radical (unpaired) electrons. The number of hydrogen-bond acceptors (Lipinski definition) is 8. The van der Waals surface area contributed by atoms with Gasteiger partial charge in [0.05, 0.1) is 36.7 Å². The minimum atomic E-state index is -1.25. The molecule has 0 bridgehead atoms. The quantitative estimate of drug-likeness (QED) is 0.282. The van der Waals surface area contributed by atoms with Crippen LogP contribution in [0.1, 0.15) is 20.7 Å². The summed E-state index contributed by atoms with van der Waals surface area (Å²) < 4.78 is 10.6. The molecule has 33 heavy (non-hydrogen) atoms. The number of aromatic carboxylic acids is 2. The van der Waals surface area contributed by atoms with E-state index in [2.05, 4.69) is 26.0 Å². The monoisotopic (exact) mass is 449 g/mol. The first-order chi connectivity index (χ1) is 15.9. The highest BCUT2D eigenvalue weighted by Gasteiger charge is 2.13. The lowest BCUT2D eigenvalue weighted by Crippen LogP contribution is -2.00. The number of methoxy groups -OCH3 is 2. The second kappa shape index (κ2) is 10.5. The standard InChI is InChI=1S/C22H19N5O6/c1-32-19-6-4-3-5-16(19)25-27-26-17-10-8-14(12-20(17)33-2)23-24-18-11-13(21(28)29)7-9-15(18)22(30)31/h3-12H,1-2H3,(H,25,26)(H,28,29)(H,30,31). The van der Waals surface area contributed by atoms with Crippen LogP contribution in [0.5, 0.6) is 11.5 Å². The van der Waals surface area contributed by atoms with Gasteiger partial charge < -0.3 is 19.7 Å². The summed E-state index contributed by atoms with van der Waals surface area (Å²) in [6, 6.07) is 15.4. The summed E-state index contributed by atoms with van der Waals surface area (Å²) in [5.41, 5.74) is 3.78. The normalized spacial score (nSPS) is 11.0. The molecule has 0 fully saturated rings. The maximum absolute atomic E-state index is 11.4. The number of nitrogens with one attached hydrogen (secondary N) is 1. The third kappa shape index (κ3) is 5.67. The third-order valence-corrected chi connectivity index (χ3v) is 4.35. The molecule has 3 aromatic carbocycles. The van der Waals surface area contributed by atoms with Gasteiger partial charge in [0.25, 0.3) is 0 Å². The lowest BCUT2D eigenvalue weighted by Gasteiger charge is -2.07. The predicted molar refractivity (Wildman–Crippen MR) is 119 cm³/mol. The lowest BCUT2D eigenvalue weighted by molar-refractivity contribution is 0.0682. The zero-order chi connectivity index (χ0) is 23.8. The van der Waals surface area contributed by atoms with Crippen LogP contribution in [0.2, 0.25) is 0 Å². The Hall–Kier alpha value is -4.80. The summed E-state index contributed by atoms with van der Waals surface area (Å²) >= 11 is 0. The molecule has 0 spiro atoms. The number of rotatable bonds is 9. The Morgan fingerprint density at radius 1 is 0.788 bits per heavy atom. The van der Waals surface area contributed by atoms with Gasteiger partial charge in [-0.2, -0.15) is 5.11 Å². The van der Waals surface area contributed by atoms with Crippen LogP contribution in [0.3, 0.4) is 0 Å². The number of carbonyl (C=O) groups is 2. The van der Waals surface area contributed by atoms with Crippen LogP contribution >= 0.6 is 0 Å². The Balaban J connectivity index is 1.83. The molecule has 0 amide bonds. The Labute approximate surface area is 188 Å². The first-order valence-electron chi connectivity index (χ1n) is 9.43. The number of benzene rings is 3. The molecule has 3 rings (SSSR count). The van der Waals surface area contributed by atoms with Gasteiger partial charge in [-0.15, -0.1) is 10.2 Å². The van der Waals surface area contributed by atoms with Crippen molar-refractivity contribution in [2.24, 2.45) is 20.6 Å². The smallest absolute Gasteiger partial charge is 0.337 e. The van der Waals surface area contributed by atoms with Crippen molar-refractivity contribution in [3.8, 4) is 11.5 Å². The number of azo groups is 1. The molecule has 0 saturated carbocycles. The maximum Gasteiger partial charge on any atom is 0.337 e. The van der Waals surface area contributed by atoms with E-state index < -0.39 is 11.9 Å². The predicted octanol–water partition coefficient (Wildman–Crippen LogP) is 5.63. The van der Waals surface area contributed by atoms with Crippen LogP contribution in [0.4, 0.5) is 22.7 Å². The molecule has 0 aromatic heterocycles. The number of ether oxygens (including phenoxy) is 2. The summed E-state index contributed by atoms with van der Waals surface area (Å²) in [4.78, 5) is 22.6. The van der Waals surface area contributed by atoms with E-state index in [9.17, 15) is 14.7 Å². The molecule has 168 valence electrons. The van der Waals surface area contributed by atoms with E-state index in [-0.39, 0.29) is 16.8 Å². The van der Waals surface area contributed by atoms with Gasteiger partial charge >= 0.3 is 11.9 Å². The van der Waals surface area contributed by atoms with Gasteiger partial charge in [0.15, 0.2) is 0 Å². The molecule has 0 heterocycles. The number of carboxylic acid groups (broad SMARTS) is 2. The van der Waals surface area contributed by atoms with E-state index >= 15 is 0 Å².